The Hall–Kier alpha value is -0.998. The van der Waals surface area contributed by atoms with E-state index in [4.69, 9.17) is 9.90 Å². The number of aliphatic carboxylic acids is 1. The van der Waals surface area contributed by atoms with Crippen LogP contribution in [0.25, 0.3) is 11.1 Å². The van der Waals surface area contributed by atoms with Gasteiger partial charge in [-0.1, -0.05) is 35.1 Å². The fourth-order valence-electron chi connectivity index (χ4n) is 1.50. The van der Waals surface area contributed by atoms with Crippen LogP contribution in [0.1, 0.15) is 6.92 Å². The van der Waals surface area contributed by atoms with Gasteiger partial charge in [0.2, 0.25) is 0 Å². The predicted octanol–water partition coefficient (Wildman–Crippen LogP) is 3.18. The van der Waals surface area contributed by atoms with Crippen molar-refractivity contribution in [1.29, 1.82) is 0 Å². The van der Waals surface area contributed by atoms with Gasteiger partial charge in [-0.05, 0) is 6.66 Å². The predicted molar refractivity (Wildman–Crippen MR) is 77.9 cm³/mol. The zero-order chi connectivity index (χ0) is 13.4. The van der Waals surface area contributed by atoms with Gasteiger partial charge >= 0.3 is 0 Å². The molecule has 0 saturated heterocycles. The maximum atomic E-state index is 9.00. The Morgan fingerprint density at radius 1 is 1.16 bits per heavy atom. The normalized spacial score (nSPS) is 9.37. The molecule has 0 fully saturated rings. The minimum absolute atomic E-state index is 0. The second kappa shape index (κ2) is 9.87. The van der Waals surface area contributed by atoms with Crippen molar-refractivity contribution in [2.24, 2.45) is 0 Å². The second-order valence-electron chi connectivity index (χ2n) is 3.59. The molecule has 1 unspecified atom stereocenters. The molecule has 2 rings (SSSR count). The van der Waals surface area contributed by atoms with Crippen LogP contribution in [0.2, 0.25) is 0 Å². The summed E-state index contributed by atoms with van der Waals surface area (Å²) in [7, 11) is 0.834. The summed E-state index contributed by atoms with van der Waals surface area (Å²) < 4.78 is 0. The molecule has 0 aliphatic rings. The molecule has 0 spiro atoms. The van der Waals surface area contributed by atoms with Crippen LogP contribution in [0, 0.1) is 6.07 Å². The SMILES string of the molecule is CC(=O)O.CPc1ccccc1-c1[c-]cccc1.[Pd]. The van der Waals surface area contributed by atoms with E-state index in [9.17, 15) is 0 Å². The average Bonchev–Trinajstić information content (AvgIpc) is 2.39. The number of rotatable bonds is 2. The zero-order valence-electron chi connectivity index (χ0n) is 10.8. The molecule has 0 amide bonds. The van der Waals surface area contributed by atoms with E-state index in [0.717, 1.165) is 15.5 Å². The van der Waals surface area contributed by atoms with Crippen molar-refractivity contribution in [2.75, 3.05) is 6.66 Å². The van der Waals surface area contributed by atoms with Crippen LogP contribution in [0.3, 0.4) is 0 Å². The summed E-state index contributed by atoms with van der Waals surface area (Å²) >= 11 is 0. The Bertz CT molecular complexity index is 497. The van der Waals surface area contributed by atoms with Gasteiger partial charge in [0, 0.05) is 27.3 Å². The summed E-state index contributed by atoms with van der Waals surface area (Å²) in [6.45, 7) is 3.29. The van der Waals surface area contributed by atoms with Crippen molar-refractivity contribution >= 4 is 19.9 Å². The van der Waals surface area contributed by atoms with Crippen LogP contribution in [0.15, 0.2) is 48.5 Å². The zero-order valence-corrected chi connectivity index (χ0v) is 13.3. The van der Waals surface area contributed by atoms with E-state index in [2.05, 4.69) is 49.1 Å². The van der Waals surface area contributed by atoms with E-state index in [1.807, 2.05) is 12.1 Å². The third kappa shape index (κ3) is 6.64. The van der Waals surface area contributed by atoms with E-state index >= 15 is 0 Å². The number of benzene rings is 2. The summed E-state index contributed by atoms with van der Waals surface area (Å²) in [5.41, 5.74) is 2.51. The maximum absolute atomic E-state index is 9.00. The van der Waals surface area contributed by atoms with Crippen LogP contribution in [0.5, 0.6) is 0 Å². The molecule has 1 N–H and O–H groups in total. The largest absolute Gasteiger partial charge is 0.481 e. The molecule has 2 nitrogen and oxygen atoms in total. The molecule has 0 heterocycles. The van der Waals surface area contributed by atoms with E-state index in [-0.39, 0.29) is 20.4 Å². The van der Waals surface area contributed by atoms with Crippen LogP contribution in [0.4, 0.5) is 0 Å². The molecule has 19 heavy (non-hydrogen) atoms. The Morgan fingerprint density at radius 2 is 1.74 bits per heavy atom. The van der Waals surface area contributed by atoms with Crippen molar-refractivity contribution in [3.05, 3.63) is 54.6 Å². The van der Waals surface area contributed by atoms with Crippen molar-refractivity contribution in [3.8, 4) is 11.1 Å². The Kier molecular flexibility index (Phi) is 9.35. The Morgan fingerprint density at radius 3 is 2.26 bits per heavy atom. The first-order valence-electron chi connectivity index (χ1n) is 5.58. The van der Waals surface area contributed by atoms with Crippen LogP contribution in [-0.4, -0.2) is 17.7 Å². The Balaban J connectivity index is 0.000000576. The smallest absolute Gasteiger partial charge is 0.300 e. The van der Waals surface area contributed by atoms with Crippen LogP contribution >= 0.6 is 8.58 Å². The standard InChI is InChI=1S/C13H12P.C2H4O2.Pd/c1-14-13-10-6-5-9-12(13)11-7-3-2-4-8-11;1-2(3)4;/h2-7,9-10,14H,1H3;1H3,(H,3,4);/q-1;;. The van der Waals surface area contributed by atoms with Crippen LogP contribution < -0.4 is 5.30 Å². The molecule has 104 valence electrons. The molecule has 0 aromatic heterocycles. The van der Waals surface area contributed by atoms with Crippen molar-refractivity contribution in [1.82, 2.24) is 0 Å². The van der Waals surface area contributed by atoms with Gasteiger partial charge in [0.05, 0.1) is 0 Å². The number of hydrogen-bond donors (Lipinski definition) is 1. The second-order valence-corrected chi connectivity index (χ2v) is 4.63. The summed E-state index contributed by atoms with van der Waals surface area (Å²) in [4.78, 5) is 9.00. The minimum Gasteiger partial charge on any atom is -0.481 e. The summed E-state index contributed by atoms with van der Waals surface area (Å²) in [5, 5.41) is 8.83. The molecule has 0 aliphatic heterocycles. The molecule has 4 heteroatoms. The molecular weight excluding hydrogens is 350 g/mol. The van der Waals surface area contributed by atoms with Gasteiger partial charge in [-0.2, -0.15) is 0 Å². The van der Waals surface area contributed by atoms with E-state index < -0.39 is 5.97 Å². The number of hydrogen-bond acceptors (Lipinski definition) is 1. The molecular formula is C15H16O2PPd-. The molecule has 0 aliphatic carbocycles. The molecule has 0 radical (unpaired) electrons. The van der Waals surface area contributed by atoms with Gasteiger partial charge in [-0.3, -0.25) is 4.79 Å². The van der Waals surface area contributed by atoms with Gasteiger partial charge in [-0.15, -0.1) is 44.5 Å². The van der Waals surface area contributed by atoms with Crippen LogP contribution in [-0.2, 0) is 25.2 Å². The summed E-state index contributed by atoms with van der Waals surface area (Å²) in [6, 6.07) is 19.9. The molecule has 1 atom stereocenters. The van der Waals surface area contributed by atoms with E-state index in [1.165, 1.54) is 16.4 Å². The fourth-order valence-corrected chi connectivity index (χ4v) is 2.25. The van der Waals surface area contributed by atoms with Gasteiger partial charge < -0.3 is 5.11 Å². The quantitative estimate of drug-likeness (QED) is 0.504. The summed E-state index contributed by atoms with van der Waals surface area (Å²) in [5.74, 6) is -0.833. The Labute approximate surface area is 129 Å². The van der Waals surface area contributed by atoms with Crippen molar-refractivity contribution in [3.63, 3.8) is 0 Å². The van der Waals surface area contributed by atoms with Gasteiger partial charge in [-0.25, -0.2) is 0 Å². The average molecular weight is 366 g/mol. The number of carboxylic acid groups (broad SMARTS) is 1. The first kappa shape index (κ1) is 18.0. The molecule has 0 bridgehead atoms. The molecule has 0 saturated carbocycles. The van der Waals surface area contributed by atoms with E-state index in [1.54, 1.807) is 0 Å². The van der Waals surface area contributed by atoms with Gasteiger partial charge in [0.15, 0.2) is 0 Å². The number of carbonyl (C=O) groups is 1. The topological polar surface area (TPSA) is 37.3 Å². The minimum atomic E-state index is -0.833. The first-order chi connectivity index (χ1) is 8.65. The summed E-state index contributed by atoms with van der Waals surface area (Å²) in [6.07, 6.45) is 0. The maximum Gasteiger partial charge on any atom is 0.300 e. The van der Waals surface area contributed by atoms with E-state index in [0.29, 0.717) is 0 Å². The first-order valence-corrected chi connectivity index (χ1v) is 7.08. The third-order valence-electron chi connectivity index (χ3n) is 2.20. The van der Waals surface area contributed by atoms with Gasteiger partial charge in [0.25, 0.3) is 5.97 Å². The van der Waals surface area contributed by atoms with Crippen molar-refractivity contribution in [2.45, 2.75) is 6.92 Å². The molecule has 2 aromatic carbocycles. The van der Waals surface area contributed by atoms with Crippen molar-refractivity contribution < 1.29 is 30.3 Å². The fraction of sp³-hybridized carbons (Fsp3) is 0.133. The number of carboxylic acids is 1. The molecule has 2 aromatic rings. The van der Waals surface area contributed by atoms with Gasteiger partial charge in [0.1, 0.15) is 0 Å². The monoisotopic (exact) mass is 365 g/mol. The third-order valence-corrected chi connectivity index (χ3v) is 3.17.